The van der Waals surface area contributed by atoms with Crippen molar-refractivity contribution in [2.75, 3.05) is 0 Å². The number of aromatic hydroxyl groups is 2. The Hall–Kier alpha value is -2.40. The van der Waals surface area contributed by atoms with Gasteiger partial charge in [0.15, 0.2) is 11.5 Å². The molecule has 0 radical (unpaired) electrons. The lowest BCUT2D eigenvalue weighted by Gasteiger charge is -2.05. The highest BCUT2D eigenvalue weighted by atomic mass is 16.3. The molecule has 2 rings (SSSR count). The molecule has 0 spiro atoms. The van der Waals surface area contributed by atoms with Gasteiger partial charge in [-0.05, 0) is 11.6 Å². The van der Waals surface area contributed by atoms with Gasteiger partial charge >= 0.3 is 0 Å². The van der Waals surface area contributed by atoms with Gasteiger partial charge in [0.05, 0.1) is 0 Å². The quantitative estimate of drug-likeness (QED) is 0.563. The predicted molar refractivity (Wildman–Crippen MR) is 65.1 cm³/mol. The van der Waals surface area contributed by atoms with Crippen molar-refractivity contribution in [3.8, 4) is 35.5 Å². The largest absolute Gasteiger partial charge is 0.504 e. The molecule has 0 aliphatic carbocycles. The van der Waals surface area contributed by atoms with Crippen LogP contribution in [0.2, 0.25) is 0 Å². The Morgan fingerprint density at radius 1 is 0.750 bits per heavy atom. The average Bonchev–Trinajstić information content (AvgIpc) is 2.36. The van der Waals surface area contributed by atoms with E-state index >= 15 is 0 Å². The van der Waals surface area contributed by atoms with E-state index in [1.807, 2.05) is 30.3 Å². The fraction of sp³-hybridized carbons (Fsp3) is 0. The van der Waals surface area contributed by atoms with Crippen LogP contribution in [0.5, 0.6) is 11.5 Å². The van der Waals surface area contributed by atoms with Gasteiger partial charge in [0.1, 0.15) is 0 Å². The van der Waals surface area contributed by atoms with Crippen LogP contribution in [0.1, 0.15) is 0 Å². The summed E-state index contributed by atoms with van der Waals surface area (Å²) in [6, 6.07) is 14.4. The second-order valence-electron chi connectivity index (χ2n) is 3.04. The molecular formula is C14H12O2. The normalized spacial score (nSPS) is 8.88. The van der Waals surface area contributed by atoms with Gasteiger partial charge in [-0.15, -0.1) is 12.8 Å². The maximum Gasteiger partial charge on any atom is 0.165 e. The van der Waals surface area contributed by atoms with Crippen LogP contribution >= 0.6 is 0 Å². The molecular weight excluding hydrogens is 200 g/mol. The smallest absolute Gasteiger partial charge is 0.165 e. The van der Waals surface area contributed by atoms with Crippen LogP contribution in [0.25, 0.3) is 11.1 Å². The molecule has 80 valence electrons. The highest BCUT2D eigenvalue weighted by Gasteiger charge is 2.06. The maximum atomic E-state index is 9.60. The third-order valence-electron chi connectivity index (χ3n) is 2.10. The van der Waals surface area contributed by atoms with Crippen LogP contribution in [-0.2, 0) is 0 Å². The second kappa shape index (κ2) is 5.47. The van der Waals surface area contributed by atoms with Crippen LogP contribution < -0.4 is 0 Å². The number of phenols is 2. The molecule has 0 aliphatic rings. The van der Waals surface area contributed by atoms with Crippen LogP contribution in [0.4, 0.5) is 0 Å². The summed E-state index contributed by atoms with van der Waals surface area (Å²) >= 11 is 0. The maximum absolute atomic E-state index is 9.60. The first-order chi connectivity index (χ1) is 7.79. The van der Waals surface area contributed by atoms with Crippen molar-refractivity contribution >= 4 is 0 Å². The minimum absolute atomic E-state index is 0.0706. The third-order valence-corrected chi connectivity index (χ3v) is 2.10. The minimum atomic E-state index is -0.0913. The molecule has 2 N–H and O–H groups in total. The van der Waals surface area contributed by atoms with Gasteiger partial charge in [-0.25, -0.2) is 0 Å². The standard InChI is InChI=1S/C12H10O2.C2H2/c13-11-8-4-7-10(12(11)14)9-5-2-1-3-6-9;1-2/h1-8,13-14H;1-2H. The average molecular weight is 212 g/mol. The van der Waals surface area contributed by atoms with Crippen molar-refractivity contribution in [2.24, 2.45) is 0 Å². The molecule has 2 heteroatoms. The second-order valence-corrected chi connectivity index (χ2v) is 3.04. The molecule has 16 heavy (non-hydrogen) atoms. The van der Waals surface area contributed by atoms with E-state index in [2.05, 4.69) is 12.8 Å². The zero-order chi connectivity index (χ0) is 12.0. The lowest BCUT2D eigenvalue weighted by molar-refractivity contribution is 0.405. The summed E-state index contributed by atoms with van der Waals surface area (Å²) < 4.78 is 0. The van der Waals surface area contributed by atoms with Gasteiger partial charge in [-0.3, -0.25) is 0 Å². The summed E-state index contributed by atoms with van der Waals surface area (Å²) in [5, 5.41) is 18.9. The van der Waals surface area contributed by atoms with E-state index in [1.54, 1.807) is 12.1 Å². The Labute approximate surface area is 94.8 Å². The molecule has 2 nitrogen and oxygen atoms in total. The number of para-hydroxylation sites is 1. The zero-order valence-corrected chi connectivity index (χ0v) is 8.67. The summed E-state index contributed by atoms with van der Waals surface area (Å²) in [6.07, 6.45) is 8.00. The molecule has 0 saturated heterocycles. The van der Waals surface area contributed by atoms with Gasteiger partial charge in [0, 0.05) is 5.56 Å². The van der Waals surface area contributed by atoms with Crippen LogP contribution in [0.15, 0.2) is 48.5 Å². The van der Waals surface area contributed by atoms with Gasteiger partial charge < -0.3 is 10.2 Å². The van der Waals surface area contributed by atoms with E-state index in [0.29, 0.717) is 5.56 Å². The van der Waals surface area contributed by atoms with Crippen LogP contribution in [0.3, 0.4) is 0 Å². The van der Waals surface area contributed by atoms with Crippen LogP contribution in [0, 0.1) is 12.8 Å². The Bertz CT molecular complexity index is 473. The van der Waals surface area contributed by atoms with Crippen LogP contribution in [-0.4, -0.2) is 10.2 Å². The van der Waals surface area contributed by atoms with E-state index < -0.39 is 0 Å². The first kappa shape index (κ1) is 11.7. The molecule has 0 heterocycles. The lowest BCUT2D eigenvalue weighted by atomic mass is 10.0. The Kier molecular flexibility index (Phi) is 3.99. The van der Waals surface area contributed by atoms with Gasteiger partial charge in [-0.1, -0.05) is 42.5 Å². The lowest BCUT2D eigenvalue weighted by Crippen LogP contribution is -1.78. The number of rotatable bonds is 1. The van der Waals surface area contributed by atoms with E-state index in [1.165, 1.54) is 6.07 Å². The van der Waals surface area contributed by atoms with Crippen molar-refractivity contribution < 1.29 is 10.2 Å². The van der Waals surface area contributed by atoms with Crippen molar-refractivity contribution in [1.82, 2.24) is 0 Å². The molecule has 0 aromatic heterocycles. The molecule has 0 saturated carbocycles. The summed E-state index contributed by atoms with van der Waals surface area (Å²) in [5.41, 5.74) is 1.53. The predicted octanol–water partition coefficient (Wildman–Crippen LogP) is 3.01. The van der Waals surface area contributed by atoms with Gasteiger partial charge in [0.25, 0.3) is 0 Å². The third kappa shape index (κ3) is 2.34. The number of terminal acetylenes is 1. The van der Waals surface area contributed by atoms with Crippen molar-refractivity contribution in [3.05, 3.63) is 48.5 Å². The summed E-state index contributed by atoms with van der Waals surface area (Å²) in [6.45, 7) is 0. The molecule has 0 atom stereocenters. The first-order valence-corrected chi connectivity index (χ1v) is 4.69. The topological polar surface area (TPSA) is 40.5 Å². The highest BCUT2D eigenvalue weighted by molar-refractivity contribution is 5.72. The molecule has 0 bridgehead atoms. The molecule has 2 aromatic rings. The molecule has 0 fully saturated rings. The summed E-state index contributed by atoms with van der Waals surface area (Å²) in [5.74, 6) is -0.162. The first-order valence-electron chi connectivity index (χ1n) is 4.69. The number of hydrogen-bond acceptors (Lipinski definition) is 2. The van der Waals surface area contributed by atoms with Gasteiger partial charge in [-0.2, -0.15) is 0 Å². The van der Waals surface area contributed by atoms with E-state index in [4.69, 9.17) is 0 Å². The Morgan fingerprint density at radius 3 is 2.00 bits per heavy atom. The molecule has 0 amide bonds. The zero-order valence-electron chi connectivity index (χ0n) is 8.67. The van der Waals surface area contributed by atoms with E-state index in [-0.39, 0.29) is 11.5 Å². The van der Waals surface area contributed by atoms with Gasteiger partial charge in [0.2, 0.25) is 0 Å². The van der Waals surface area contributed by atoms with Crippen molar-refractivity contribution in [2.45, 2.75) is 0 Å². The minimum Gasteiger partial charge on any atom is -0.504 e. The summed E-state index contributed by atoms with van der Waals surface area (Å²) in [7, 11) is 0. The molecule has 2 aromatic carbocycles. The number of phenolic OH excluding ortho intramolecular Hbond substituents is 2. The Morgan fingerprint density at radius 2 is 1.38 bits per heavy atom. The SMILES string of the molecule is C#C.Oc1cccc(-c2ccccc2)c1O. The van der Waals surface area contributed by atoms with Crippen molar-refractivity contribution in [1.29, 1.82) is 0 Å². The van der Waals surface area contributed by atoms with E-state index in [0.717, 1.165) is 5.56 Å². The highest BCUT2D eigenvalue weighted by Crippen LogP contribution is 2.35. The fourth-order valence-corrected chi connectivity index (χ4v) is 1.38. The molecule has 0 unspecified atom stereocenters. The Balaban J connectivity index is 0.000000606. The fourth-order valence-electron chi connectivity index (χ4n) is 1.38. The van der Waals surface area contributed by atoms with E-state index in [9.17, 15) is 10.2 Å². The number of benzene rings is 2. The monoisotopic (exact) mass is 212 g/mol. The van der Waals surface area contributed by atoms with Crippen molar-refractivity contribution in [3.63, 3.8) is 0 Å². The summed E-state index contributed by atoms with van der Waals surface area (Å²) in [4.78, 5) is 0. The number of hydrogen-bond donors (Lipinski definition) is 2. The molecule has 0 aliphatic heterocycles.